The Balaban J connectivity index is 1.80. The van der Waals surface area contributed by atoms with Crippen molar-refractivity contribution >= 4 is 29.0 Å². The standard InChI is InChI=1S/C21H21ClN4O/c1-14-11-17(22)9-10-18(14)25-20-12-19(23-15(2)24-20)21(27)26(3)13-16-7-5-4-6-8-16/h4-12H,13H2,1-3H3,(H,23,24,25). The van der Waals surface area contributed by atoms with Crippen molar-refractivity contribution in [3.05, 3.63) is 82.3 Å². The van der Waals surface area contributed by atoms with Gasteiger partial charge in [-0.3, -0.25) is 4.79 Å². The third kappa shape index (κ3) is 4.83. The molecule has 27 heavy (non-hydrogen) atoms. The number of amides is 1. The van der Waals surface area contributed by atoms with Crippen LogP contribution in [0.1, 0.15) is 27.4 Å². The Morgan fingerprint density at radius 3 is 2.52 bits per heavy atom. The molecule has 1 aromatic heterocycles. The number of halogens is 1. The minimum absolute atomic E-state index is 0.153. The molecule has 0 aliphatic heterocycles. The Labute approximate surface area is 164 Å². The molecule has 0 bridgehead atoms. The van der Waals surface area contributed by atoms with Gasteiger partial charge in [-0.05, 0) is 43.2 Å². The summed E-state index contributed by atoms with van der Waals surface area (Å²) in [6, 6.07) is 17.1. The van der Waals surface area contributed by atoms with E-state index >= 15 is 0 Å². The van der Waals surface area contributed by atoms with Crippen molar-refractivity contribution in [1.29, 1.82) is 0 Å². The molecule has 0 spiro atoms. The molecule has 3 rings (SSSR count). The number of rotatable bonds is 5. The van der Waals surface area contributed by atoms with Gasteiger partial charge in [0.2, 0.25) is 0 Å². The minimum atomic E-state index is -0.153. The van der Waals surface area contributed by atoms with Gasteiger partial charge in [-0.15, -0.1) is 0 Å². The van der Waals surface area contributed by atoms with Crippen molar-refractivity contribution in [2.45, 2.75) is 20.4 Å². The van der Waals surface area contributed by atoms with Gasteiger partial charge < -0.3 is 10.2 Å². The number of carbonyl (C=O) groups is 1. The second kappa shape index (κ2) is 8.18. The molecule has 0 saturated carbocycles. The zero-order chi connectivity index (χ0) is 19.4. The quantitative estimate of drug-likeness (QED) is 0.693. The number of hydrogen-bond acceptors (Lipinski definition) is 4. The predicted molar refractivity (Wildman–Crippen MR) is 108 cm³/mol. The van der Waals surface area contributed by atoms with Crippen molar-refractivity contribution in [3.8, 4) is 0 Å². The molecule has 0 fully saturated rings. The fraction of sp³-hybridized carbons (Fsp3) is 0.190. The fourth-order valence-electron chi connectivity index (χ4n) is 2.77. The Morgan fingerprint density at radius 2 is 1.81 bits per heavy atom. The monoisotopic (exact) mass is 380 g/mol. The number of aromatic nitrogens is 2. The van der Waals surface area contributed by atoms with E-state index in [2.05, 4.69) is 15.3 Å². The molecule has 0 aliphatic carbocycles. The fourth-order valence-corrected chi connectivity index (χ4v) is 3.00. The first-order valence-corrected chi connectivity index (χ1v) is 8.98. The highest BCUT2D eigenvalue weighted by Gasteiger charge is 2.16. The highest BCUT2D eigenvalue weighted by molar-refractivity contribution is 6.30. The van der Waals surface area contributed by atoms with E-state index in [4.69, 9.17) is 11.6 Å². The number of anilines is 2. The molecule has 1 N–H and O–H groups in total. The molecule has 0 aliphatic rings. The lowest BCUT2D eigenvalue weighted by atomic mass is 10.2. The molecule has 6 heteroatoms. The minimum Gasteiger partial charge on any atom is -0.340 e. The van der Waals surface area contributed by atoms with Crippen molar-refractivity contribution in [3.63, 3.8) is 0 Å². The van der Waals surface area contributed by atoms with E-state index in [9.17, 15) is 4.79 Å². The summed E-state index contributed by atoms with van der Waals surface area (Å²) < 4.78 is 0. The summed E-state index contributed by atoms with van der Waals surface area (Å²) in [5, 5.41) is 3.92. The van der Waals surface area contributed by atoms with Crippen LogP contribution in [0.3, 0.4) is 0 Å². The number of nitrogens with one attached hydrogen (secondary N) is 1. The van der Waals surface area contributed by atoms with Crippen molar-refractivity contribution in [2.75, 3.05) is 12.4 Å². The van der Waals surface area contributed by atoms with Gasteiger partial charge in [0, 0.05) is 30.4 Å². The van der Waals surface area contributed by atoms with Gasteiger partial charge in [-0.25, -0.2) is 9.97 Å². The van der Waals surface area contributed by atoms with Crippen LogP contribution in [0, 0.1) is 13.8 Å². The van der Waals surface area contributed by atoms with E-state index in [-0.39, 0.29) is 5.91 Å². The summed E-state index contributed by atoms with van der Waals surface area (Å²) in [7, 11) is 1.77. The van der Waals surface area contributed by atoms with Gasteiger partial charge in [0.1, 0.15) is 17.3 Å². The first-order valence-electron chi connectivity index (χ1n) is 8.60. The van der Waals surface area contributed by atoms with Gasteiger partial charge in [-0.1, -0.05) is 41.9 Å². The van der Waals surface area contributed by atoms with Gasteiger partial charge in [0.15, 0.2) is 0 Å². The molecule has 0 radical (unpaired) electrons. The lowest BCUT2D eigenvalue weighted by molar-refractivity contribution is 0.0779. The zero-order valence-corrected chi connectivity index (χ0v) is 16.3. The van der Waals surface area contributed by atoms with E-state index in [0.717, 1.165) is 16.8 Å². The average Bonchev–Trinajstić information content (AvgIpc) is 2.64. The predicted octanol–water partition coefficient (Wildman–Crippen LogP) is 4.76. The summed E-state index contributed by atoms with van der Waals surface area (Å²) in [6.07, 6.45) is 0. The van der Waals surface area contributed by atoms with Crippen LogP contribution in [0.25, 0.3) is 0 Å². The molecular formula is C21H21ClN4O. The summed E-state index contributed by atoms with van der Waals surface area (Å²) in [5.41, 5.74) is 3.30. The third-order valence-corrected chi connectivity index (χ3v) is 4.35. The first-order chi connectivity index (χ1) is 12.9. The number of hydrogen-bond donors (Lipinski definition) is 1. The molecule has 2 aromatic carbocycles. The Kier molecular flexibility index (Phi) is 5.72. The molecule has 0 saturated heterocycles. The molecule has 0 atom stereocenters. The summed E-state index contributed by atoms with van der Waals surface area (Å²) in [4.78, 5) is 23.2. The van der Waals surface area contributed by atoms with Gasteiger partial charge in [0.05, 0.1) is 0 Å². The van der Waals surface area contributed by atoms with Gasteiger partial charge in [-0.2, -0.15) is 0 Å². The van der Waals surface area contributed by atoms with Crippen LogP contribution < -0.4 is 5.32 Å². The Bertz CT molecular complexity index is 960. The second-order valence-electron chi connectivity index (χ2n) is 6.42. The third-order valence-electron chi connectivity index (χ3n) is 4.12. The molecule has 0 unspecified atom stereocenters. The molecule has 3 aromatic rings. The topological polar surface area (TPSA) is 58.1 Å². The molecule has 5 nitrogen and oxygen atoms in total. The summed E-state index contributed by atoms with van der Waals surface area (Å²) >= 11 is 6.01. The van der Waals surface area contributed by atoms with Crippen molar-refractivity contribution < 1.29 is 4.79 Å². The Hall–Kier alpha value is -2.92. The van der Waals surface area contributed by atoms with E-state index in [1.165, 1.54) is 0 Å². The van der Waals surface area contributed by atoms with E-state index < -0.39 is 0 Å². The van der Waals surface area contributed by atoms with Gasteiger partial charge >= 0.3 is 0 Å². The van der Waals surface area contributed by atoms with Crippen LogP contribution in [0.15, 0.2) is 54.6 Å². The van der Waals surface area contributed by atoms with Crippen molar-refractivity contribution in [2.24, 2.45) is 0 Å². The van der Waals surface area contributed by atoms with E-state index in [1.54, 1.807) is 24.9 Å². The highest BCUT2D eigenvalue weighted by Crippen LogP contribution is 2.23. The second-order valence-corrected chi connectivity index (χ2v) is 6.85. The van der Waals surface area contributed by atoms with Crippen LogP contribution >= 0.6 is 11.6 Å². The molecule has 1 heterocycles. The van der Waals surface area contributed by atoms with Crippen LogP contribution in [-0.4, -0.2) is 27.8 Å². The maximum absolute atomic E-state index is 12.8. The maximum atomic E-state index is 12.8. The van der Waals surface area contributed by atoms with Gasteiger partial charge in [0.25, 0.3) is 5.91 Å². The van der Waals surface area contributed by atoms with Crippen molar-refractivity contribution in [1.82, 2.24) is 14.9 Å². The molecular weight excluding hydrogens is 360 g/mol. The molecule has 138 valence electrons. The first kappa shape index (κ1) is 18.9. The SMILES string of the molecule is Cc1nc(Nc2ccc(Cl)cc2C)cc(C(=O)N(C)Cc2ccccc2)n1. The van der Waals surface area contributed by atoms with Crippen LogP contribution in [0.5, 0.6) is 0 Å². The number of nitrogens with zero attached hydrogens (tertiary/aromatic N) is 3. The zero-order valence-electron chi connectivity index (χ0n) is 15.5. The smallest absolute Gasteiger partial charge is 0.272 e. The van der Waals surface area contributed by atoms with Crippen LogP contribution in [-0.2, 0) is 6.54 Å². The summed E-state index contributed by atoms with van der Waals surface area (Å²) in [5.74, 6) is 0.952. The number of aryl methyl sites for hydroxylation is 2. The lowest BCUT2D eigenvalue weighted by Crippen LogP contribution is -2.27. The Morgan fingerprint density at radius 1 is 1.07 bits per heavy atom. The number of carbonyl (C=O) groups excluding carboxylic acids is 1. The van der Waals surface area contributed by atoms with E-state index in [1.807, 2.05) is 55.5 Å². The number of benzene rings is 2. The normalized spacial score (nSPS) is 10.5. The average molecular weight is 381 g/mol. The highest BCUT2D eigenvalue weighted by atomic mass is 35.5. The summed E-state index contributed by atoms with van der Waals surface area (Å²) in [6.45, 7) is 4.25. The largest absolute Gasteiger partial charge is 0.340 e. The lowest BCUT2D eigenvalue weighted by Gasteiger charge is -2.18. The van der Waals surface area contributed by atoms with Crippen LogP contribution in [0.4, 0.5) is 11.5 Å². The maximum Gasteiger partial charge on any atom is 0.272 e. The van der Waals surface area contributed by atoms with E-state index in [0.29, 0.717) is 28.9 Å². The van der Waals surface area contributed by atoms with Crippen LogP contribution in [0.2, 0.25) is 5.02 Å². The molecule has 1 amide bonds.